The topological polar surface area (TPSA) is 30.7 Å². The molecule has 3 heteroatoms. The van der Waals surface area contributed by atoms with Crippen LogP contribution in [0, 0.1) is 41.5 Å². The molecule has 0 saturated heterocycles. The fraction of sp³-hybridized carbons (Fsp3) is 0.417. The Kier molecular flexibility index (Phi) is 5.23. The number of hydrogen-bond acceptors (Lipinski definition) is 2. The summed E-state index contributed by atoms with van der Waals surface area (Å²) in [5, 5.41) is 1.19. The van der Waals surface area contributed by atoms with Gasteiger partial charge in [0.05, 0.1) is 11.4 Å². The third-order valence-electron chi connectivity index (χ3n) is 5.46. The summed E-state index contributed by atoms with van der Waals surface area (Å²) in [6.07, 6.45) is 4.30. The van der Waals surface area contributed by atoms with Crippen LogP contribution in [0.3, 0.4) is 0 Å². The van der Waals surface area contributed by atoms with Crippen LogP contribution in [0.15, 0.2) is 18.2 Å². The predicted molar refractivity (Wildman–Crippen MR) is 116 cm³/mol. The number of allylic oxidation sites excluding steroid dienone is 2. The van der Waals surface area contributed by atoms with Gasteiger partial charge in [0.2, 0.25) is 0 Å². The van der Waals surface area contributed by atoms with Gasteiger partial charge in [0, 0.05) is 11.1 Å². The van der Waals surface area contributed by atoms with Crippen molar-refractivity contribution in [1.82, 2.24) is 14.5 Å². The molecule has 0 aliphatic rings. The fourth-order valence-electron chi connectivity index (χ4n) is 4.26. The van der Waals surface area contributed by atoms with Crippen LogP contribution in [0.25, 0.3) is 22.3 Å². The van der Waals surface area contributed by atoms with Gasteiger partial charge in [-0.2, -0.15) is 0 Å². The molecule has 0 saturated carbocycles. The molecule has 0 aliphatic heterocycles. The van der Waals surface area contributed by atoms with E-state index in [0.29, 0.717) is 0 Å². The molecule has 142 valence electrons. The molecule has 0 spiro atoms. The summed E-state index contributed by atoms with van der Waals surface area (Å²) in [7, 11) is 0. The first-order chi connectivity index (χ1) is 12.8. The van der Waals surface area contributed by atoms with Crippen molar-refractivity contribution in [2.45, 2.75) is 68.2 Å². The van der Waals surface area contributed by atoms with E-state index in [4.69, 9.17) is 9.97 Å². The van der Waals surface area contributed by atoms with Gasteiger partial charge >= 0.3 is 0 Å². The largest absolute Gasteiger partial charge is 0.298 e. The van der Waals surface area contributed by atoms with Crippen LogP contribution in [0.4, 0.5) is 0 Å². The number of hydrogen-bond donors (Lipinski definition) is 0. The average Bonchev–Trinajstić information content (AvgIpc) is 2.83. The Morgan fingerprint density at radius 3 is 2.15 bits per heavy atom. The molecule has 0 amide bonds. The molecule has 0 fully saturated rings. The van der Waals surface area contributed by atoms with Crippen molar-refractivity contribution in [1.29, 1.82) is 0 Å². The lowest BCUT2D eigenvalue weighted by Gasteiger charge is -2.16. The minimum absolute atomic E-state index is 0.828. The molecule has 3 aromatic rings. The minimum Gasteiger partial charge on any atom is -0.298 e. The van der Waals surface area contributed by atoms with Gasteiger partial charge in [-0.15, -0.1) is 0 Å². The van der Waals surface area contributed by atoms with Gasteiger partial charge in [0.15, 0.2) is 0 Å². The Morgan fingerprint density at radius 2 is 1.59 bits per heavy atom. The maximum atomic E-state index is 4.90. The highest BCUT2D eigenvalue weighted by molar-refractivity contribution is 5.93. The molecular weight excluding hydrogens is 330 g/mol. The lowest BCUT2D eigenvalue weighted by atomic mass is 10.0. The third kappa shape index (κ3) is 3.20. The number of benzene rings is 1. The van der Waals surface area contributed by atoms with Crippen LogP contribution in [0.1, 0.15) is 66.2 Å². The zero-order chi connectivity index (χ0) is 19.9. The van der Waals surface area contributed by atoms with Crippen LogP contribution in [0.5, 0.6) is 0 Å². The second kappa shape index (κ2) is 7.30. The summed E-state index contributed by atoms with van der Waals surface area (Å²) < 4.78 is 2.34. The molecule has 2 aromatic heterocycles. The Morgan fingerprint density at radius 1 is 0.963 bits per heavy atom. The van der Waals surface area contributed by atoms with Gasteiger partial charge in [-0.25, -0.2) is 9.97 Å². The maximum absolute atomic E-state index is 4.90. The second-order valence-corrected chi connectivity index (χ2v) is 7.60. The van der Waals surface area contributed by atoms with E-state index >= 15 is 0 Å². The van der Waals surface area contributed by atoms with E-state index in [9.17, 15) is 0 Å². The van der Waals surface area contributed by atoms with Crippen LogP contribution in [-0.2, 0) is 0 Å². The Labute approximate surface area is 163 Å². The standard InChI is InChI=1S/C24H31N3/c1-9-11-20(10-2)22-21-17(6)18(7)27(24(21)26-19(8)25-22)23-15(4)12-14(3)13-16(23)5/h11-13H,9-10H2,1-8H3/b20-11+. The molecule has 0 unspecified atom stereocenters. The molecule has 0 aliphatic carbocycles. The number of nitrogens with zero attached hydrogens (tertiary/aromatic N) is 3. The first kappa shape index (κ1) is 19.3. The van der Waals surface area contributed by atoms with Crippen molar-refractivity contribution in [3.8, 4) is 5.69 Å². The lowest BCUT2D eigenvalue weighted by Crippen LogP contribution is -2.05. The monoisotopic (exact) mass is 361 g/mol. The van der Waals surface area contributed by atoms with Crippen LogP contribution >= 0.6 is 0 Å². The van der Waals surface area contributed by atoms with Crippen molar-refractivity contribution in [3.63, 3.8) is 0 Å². The fourth-order valence-corrected chi connectivity index (χ4v) is 4.26. The highest BCUT2D eigenvalue weighted by atomic mass is 15.1. The second-order valence-electron chi connectivity index (χ2n) is 7.60. The summed E-state index contributed by atoms with van der Waals surface area (Å²) in [4.78, 5) is 9.77. The van der Waals surface area contributed by atoms with Gasteiger partial charge in [-0.1, -0.05) is 37.6 Å². The van der Waals surface area contributed by atoms with E-state index in [1.54, 1.807) is 0 Å². The normalized spacial score (nSPS) is 12.2. The molecule has 3 rings (SSSR count). The van der Waals surface area contributed by atoms with Crippen molar-refractivity contribution in [3.05, 3.63) is 57.7 Å². The summed E-state index contributed by atoms with van der Waals surface area (Å²) in [5.41, 5.74) is 11.1. The van der Waals surface area contributed by atoms with E-state index in [1.807, 2.05) is 6.92 Å². The third-order valence-corrected chi connectivity index (χ3v) is 5.46. The van der Waals surface area contributed by atoms with E-state index in [-0.39, 0.29) is 0 Å². The zero-order valence-corrected chi connectivity index (χ0v) is 18.0. The van der Waals surface area contributed by atoms with Gasteiger partial charge in [-0.3, -0.25) is 4.57 Å². The molecule has 0 N–H and O–H groups in total. The SMILES string of the molecule is CC/C=C(\CC)c1nc(C)nc2c1c(C)c(C)n2-c1c(C)cc(C)cc1C. The molecule has 3 nitrogen and oxygen atoms in total. The molecule has 0 bridgehead atoms. The summed E-state index contributed by atoms with van der Waals surface area (Å²) >= 11 is 0. The van der Waals surface area contributed by atoms with E-state index in [2.05, 4.69) is 71.2 Å². The predicted octanol–water partition coefficient (Wildman–Crippen LogP) is 6.47. The first-order valence-electron chi connectivity index (χ1n) is 9.93. The van der Waals surface area contributed by atoms with Gasteiger partial charge in [0.25, 0.3) is 0 Å². The van der Waals surface area contributed by atoms with E-state index in [1.165, 1.54) is 44.6 Å². The van der Waals surface area contributed by atoms with Crippen molar-refractivity contribution >= 4 is 16.6 Å². The summed E-state index contributed by atoms with van der Waals surface area (Å²) in [6, 6.07) is 4.51. The summed E-state index contributed by atoms with van der Waals surface area (Å²) in [5.74, 6) is 0.828. The Hall–Kier alpha value is -2.42. The molecule has 0 atom stereocenters. The zero-order valence-electron chi connectivity index (χ0n) is 18.0. The molecular formula is C24H31N3. The van der Waals surface area contributed by atoms with Gasteiger partial charge < -0.3 is 0 Å². The lowest BCUT2D eigenvalue weighted by molar-refractivity contribution is 0.969. The Balaban J connectivity index is 2.47. The quantitative estimate of drug-likeness (QED) is 0.533. The average molecular weight is 362 g/mol. The summed E-state index contributed by atoms with van der Waals surface area (Å²) in [6.45, 7) is 17.3. The smallest absolute Gasteiger partial charge is 0.149 e. The van der Waals surface area contributed by atoms with Crippen LogP contribution in [-0.4, -0.2) is 14.5 Å². The van der Waals surface area contributed by atoms with Gasteiger partial charge in [-0.05, 0) is 76.6 Å². The van der Waals surface area contributed by atoms with Crippen molar-refractivity contribution in [2.24, 2.45) is 0 Å². The minimum atomic E-state index is 0.828. The molecule has 27 heavy (non-hydrogen) atoms. The number of rotatable bonds is 4. The highest BCUT2D eigenvalue weighted by Crippen LogP contribution is 2.35. The Bertz CT molecular complexity index is 1030. The van der Waals surface area contributed by atoms with E-state index in [0.717, 1.165) is 30.0 Å². The highest BCUT2D eigenvalue weighted by Gasteiger charge is 2.21. The van der Waals surface area contributed by atoms with Crippen molar-refractivity contribution in [2.75, 3.05) is 0 Å². The van der Waals surface area contributed by atoms with Crippen molar-refractivity contribution < 1.29 is 0 Å². The number of aromatic nitrogens is 3. The first-order valence-corrected chi connectivity index (χ1v) is 9.93. The number of aryl methyl sites for hydroxylation is 5. The molecule has 1 aromatic carbocycles. The maximum Gasteiger partial charge on any atom is 0.149 e. The van der Waals surface area contributed by atoms with Gasteiger partial charge in [0.1, 0.15) is 11.5 Å². The van der Waals surface area contributed by atoms with E-state index < -0.39 is 0 Å². The van der Waals surface area contributed by atoms with Crippen LogP contribution in [0.2, 0.25) is 0 Å². The van der Waals surface area contributed by atoms with Crippen LogP contribution < -0.4 is 0 Å². The molecule has 2 heterocycles. The molecule has 0 radical (unpaired) electrons. The number of fused-ring (bicyclic) bond motifs is 1.